The lowest BCUT2D eigenvalue weighted by atomic mass is 10.1. The second kappa shape index (κ2) is 54.7. The van der Waals surface area contributed by atoms with E-state index in [9.17, 15) is 14.4 Å². The van der Waals surface area contributed by atoms with Crippen molar-refractivity contribution in [1.82, 2.24) is 0 Å². The molecule has 0 aliphatic carbocycles. The Morgan fingerprint density at radius 1 is 0.313 bits per heavy atom. The second-order valence-corrected chi connectivity index (χ2v) is 17.7. The van der Waals surface area contributed by atoms with Crippen molar-refractivity contribution in [1.29, 1.82) is 0 Å². The van der Waals surface area contributed by atoms with Crippen molar-refractivity contribution < 1.29 is 28.6 Å². The lowest BCUT2D eigenvalue weighted by Gasteiger charge is -2.18. The van der Waals surface area contributed by atoms with Crippen LogP contribution >= 0.6 is 0 Å². The fourth-order valence-corrected chi connectivity index (χ4v) is 7.18. The van der Waals surface area contributed by atoms with Crippen LogP contribution in [0.5, 0.6) is 0 Å². The third kappa shape index (κ3) is 52.9. The summed E-state index contributed by atoms with van der Waals surface area (Å²) in [5.41, 5.74) is 0. The van der Waals surface area contributed by atoms with Gasteiger partial charge in [-0.15, -0.1) is 0 Å². The summed E-state index contributed by atoms with van der Waals surface area (Å²) >= 11 is 0. The third-order valence-corrected chi connectivity index (χ3v) is 11.2. The summed E-state index contributed by atoms with van der Waals surface area (Å²) in [6.45, 7) is 6.34. The van der Waals surface area contributed by atoms with Gasteiger partial charge in [-0.05, 0) is 122 Å². The van der Waals surface area contributed by atoms with Crippen LogP contribution in [-0.4, -0.2) is 37.2 Å². The first kappa shape index (κ1) is 63.1. The molecule has 0 radical (unpaired) electrons. The van der Waals surface area contributed by atoms with E-state index in [4.69, 9.17) is 14.2 Å². The van der Waals surface area contributed by atoms with Crippen LogP contribution in [0.4, 0.5) is 0 Å². The Bertz CT molecular complexity index is 1390. The van der Waals surface area contributed by atoms with Crippen molar-refractivity contribution in [2.75, 3.05) is 13.2 Å². The highest BCUT2D eigenvalue weighted by atomic mass is 16.6. The molecule has 1 unspecified atom stereocenters. The fraction of sp³-hybridized carbons (Fsp3) is 0.656. The minimum atomic E-state index is -0.802. The van der Waals surface area contributed by atoms with Crippen LogP contribution in [0.1, 0.15) is 239 Å². The molecular formula is C61H100O6. The Hall–Kier alpha value is -3.93. The van der Waals surface area contributed by atoms with Crippen LogP contribution < -0.4 is 0 Å². The molecule has 6 heteroatoms. The van der Waals surface area contributed by atoms with E-state index in [0.29, 0.717) is 19.3 Å². The summed E-state index contributed by atoms with van der Waals surface area (Å²) in [5.74, 6) is -0.948. The molecule has 0 saturated carbocycles. The third-order valence-electron chi connectivity index (χ3n) is 11.2. The predicted molar refractivity (Wildman–Crippen MR) is 288 cm³/mol. The maximum atomic E-state index is 12.8. The molecule has 0 heterocycles. The Labute approximate surface area is 412 Å². The number of carbonyl (C=O) groups is 3. The summed E-state index contributed by atoms with van der Waals surface area (Å²) in [6, 6.07) is 0. The molecule has 0 aliphatic heterocycles. The lowest BCUT2D eigenvalue weighted by Crippen LogP contribution is -2.30. The zero-order chi connectivity index (χ0) is 48.6. The van der Waals surface area contributed by atoms with Crippen molar-refractivity contribution in [3.05, 3.63) is 109 Å². The van der Waals surface area contributed by atoms with Crippen molar-refractivity contribution in [2.45, 2.75) is 245 Å². The molecule has 1 atom stereocenters. The van der Waals surface area contributed by atoms with Gasteiger partial charge >= 0.3 is 17.9 Å². The summed E-state index contributed by atoms with van der Waals surface area (Å²) in [4.78, 5) is 38.1. The first-order valence-electron chi connectivity index (χ1n) is 27.4. The quantitative estimate of drug-likeness (QED) is 0.0262. The highest BCUT2D eigenvalue weighted by Crippen LogP contribution is 2.14. The molecule has 0 aliphatic rings. The van der Waals surface area contributed by atoms with Crippen LogP contribution in [-0.2, 0) is 28.6 Å². The molecule has 0 fully saturated rings. The van der Waals surface area contributed by atoms with Crippen LogP contribution in [0.25, 0.3) is 0 Å². The zero-order valence-electron chi connectivity index (χ0n) is 43.4. The van der Waals surface area contributed by atoms with Gasteiger partial charge in [0.25, 0.3) is 0 Å². The molecule has 6 nitrogen and oxygen atoms in total. The van der Waals surface area contributed by atoms with Gasteiger partial charge in [0.05, 0.1) is 0 Å². The molecule has 0 spiro atoms. The molecule has 67 heavy (non-hydrogen) atoms. The molecule has 0 aromatic rings. The Morgan fingerprint density at radius 3 is 0.910 bits per heavy atom. The summed E-state index contributed by atoms with van der Waals surface area (Å²) in [7, 11) is 0. The molecular weight excluding hydrogens is 829 g/mol. The van der Waals surface area contributed by atoms with Gasteiger partial charge in [0, 0.05) is 19.3 Å². The van der Waals surface area contributed by atoms with Gasteiger partial charge in [-0.2, -0.15) is 0 Å². The van der Waals surface area contributed by atoms with E-state index in [-0.39, 0.29) is 31.1 Å². The monoisotopic (exact) mass is 929 g/mol. The van der Waals surface area contributed by atoms with Crippen LogP contribution in [0, 0.1) is 0 Å². The predicted octanol–water partition coefficient (Wildman–Crippen LogP) is 18.3. The fourth-order valence-electron chi connectivity index (χ4n) is 7.18. The zero-order valence-corrected chi connectivity index (χ0v) is 43.4. The molecule has 0 rings (SSSR count). The number of allylic oxidation sites excluding steroid dienone is 18. The van der Waals surface area contributed by atoms with E-state index in [2.05, 4.69) is 130 Å². The van der Waals surface area contributed by atoms with E-state index in [1.54, 1.807) is 0 Å². The van der Waals surface area contributed by atoms with Gasteiger partial charge in [0.15, 0.2) is 6.10 Å². The maximum Gasteiger partial charge on any atom is 0.306 e. The smallest absolute Gasteiger partial charge is 0.306 e. The number of rotatable bonds is 48. The molecule has 0 aromatic heterocycles. The number of unbranched alkanes of at least 4 members (excludes halogenated alkanes) is 19. The van der Waals surface area contributed by atoms with E-state index in [0.717, 1.165) is 148 Å². The van der Waals surface area contributed by atoms with Crippen molar-refractivity contribution in [2.24, 2.45) is 0 Å². The first-order valence-corrected chi connectivity index (χ1v) is 27.4. The van der Waals surface area contributed by atoms with E-state index >= 15 is 0 Å². The minimum absolute atomic E-state index is 0.0993. The Balaban J connectivity index is 4.49. The van der Waals surface area contributed by atoms with Gasteiger partial charge in [-0.25, -0.2) is 0 Å². The first-order chi connectivity index (χ1) is 33.0. The SMILES string of the molecule is CC/C=C\C/C=C\C/C=C\C/C=C\CCCCCCC(=O)OCC(COC(=O)CCCCCCC/C=C\C/C=C\CCCCC)OC(=O)CCCCCCCCC/C=C\C/C=C\C/C=C\CC. The maximum absolute atomic E-state index is 12.8. The average molecular weight is 929 g/mol. The largest absolute Gasteiger partial charge is 0.462 e. The van der Waals surface area contributed by atoms with Gasteiger partial charge in [-0.3, -0.25) is 14.4 Å². The number of esters is 3. The average Bonchev–Trinajstić information content (AvgIpc) is 3.33. The summed E-state index contributed by atoms with van der Waals surface area (Å²) in [6.07, 6.45) is 73.5. The number of hydrogen-bond donors (Lipinski definition) is 0. The van der Waals surface area contributed by atoms with Gasteiger partial charge in [-0.1, -0.05) is 207 Å². The standard InChI is InChI=1S/C61H100O6/c1-4-7-10-13-16-19-22-25-28-30-33-36-39-42-45-48-51-54-60(63)66-57-58(56-65-59(62)53-50-47-44-41-38-35-32-27-24-21-18-15-12-9-6-3)67-61(64)55-52-49-46-43-40-37-34-31-29-26-23-20-17-14-11-8-5-2/h7-8,10-11,16-21,25-29,32-33,36,58H,4-6,9,12-15,22-24,30-31,34-35,37-57H2,1-3H3/b10-7-,11-8-,19-16-,20-17-,21-18-,28-25-,29-26-,32-27-,36-33-. The van der Waals surface area contributed by atoms with Crippen LogP contribution in [0.3, 0.4) is 0 Å². The molecule has 0 aromatic carbocycles. The Morgan fingerprint density at radius 2 is 0.582 bits per heavy atom. The van der Waals surface area contributed by atoms with Crippen LogP contribution in [0.2, 0.25) is 0 Å². The number of carbonyl (C=O) groups excluding carboxylic acids is 3. The van der Waals surface area contributed by atoms with Gasteiger partial charge in [0.2, 0.25) is 0 Å². The van der Waals surface area contributed by atoms with Crippen molar-refractivity contribution in [3.63, 3.8) is 0 Å². The molecule has 0 amide bonds. The van der Waals surface area contributed by atoms with E-state index in [1.165, 1.54) is 51.4 Å². The minimum Gasteiger partial charge on any atom is -0.462 e. The highest BCUT2D eigenvalue weighted by Gasteiger charge is 2.19. The topological polar surface area (TPSA) is 78.9 Å². The number of ether oxygens (including phenoxy) is 3. The molecule has 0 N–H and O–H groups in total. The highest BCUT2D eigenvalue weighted by molar-refractivity contribution is 5.71. The second-order valence-electron chi connectivity index (χ2n) is 17.7. The number of hydrogen-bond acceptors (Lipinski definition) is 6. The Kier molecular flexibility index (Phi) is 51.5. The van der Waals surface area contributed by atoms with Crippen molar-refractivity contribution >= 4 is 17.9 Å². The van der Waals surface area contributed by atoms with E-state index in [1.807, 2.05) is 0 Å². The molecule has 380 valence electrons. The normalized spacial score (nSPS) is 12.9. The van der Waals surface area contributed by atoms with Gasteiger partial charge in [0.1, 0.15) is 13.2 Å². The summed E-state index contributed by atoms with van der Waals surface area (Å²) in [5, 5.41) is 0. The van der Waals surface area contributed by atoms with Gasteiger partial charge < -0.3 is 14.2 Å². The molecule has 0 saturated heterocycles. The lowest BCUT2D eigenvalue weighted by molar-refractivity contribution is -0.167. The molecule has 0 bridgehead atoms. The van der Waals surface area contributed by atoms with Crippen LogP contribution in [0.15, 0.2) is 109 Å². The van der Waals surface area contributed by atoms with Crippen molar-refractivity contribution in [3.8, 4) is 0 Å². The summed E-state index contributed by atoms with van der Waals surface area (Å²) < 4.78 is 16.8. The van der Waals surface area contributed by atoms with E-state index < -0.39 is 6.10 Å².